The highest BCUT2D eigenvalue weighted by molar-refractivity contribution is 5.91. The summed E-state index contributed by atoms with van der Waals surface area (Å²) in [7, 11) is 3.61. The second-order valence-corrected chi connectivity index (χ2v) is 6.43. The number of nitrogens with zero attached hydrogens (tertiary/aromatic N) is 4. The standard InChI is InChI=1S/C20H22FN5O/c1-25(20(27)9-8-15-13-22-26(2)14-15)10-4-7-18-12-19(24-23-18)16-5-3-6-17(21)11-16/h3,5-6,8-9,11-14H,4,7,10H2,1-2H3,(H,23,24)/b9-8-. The van der Waals surface area contributed by atoms with Crippen LogP contribution in [0.15, 0.2) is 48.8 Å². The molecule has 0 atom stereocenters. The van der Waals surface area contributed by atoms with Crippen LogP contribution in [-0.2, 0) is 18.3 Å². The van der Waals surface area contributed by atoms with Crippen molar-refractivity contribution < 1.29 is 9.18 Å². The third-order valence-corrected chi connectivity index (χ3v) is 4.21. The summed E-state index contributed by atoms with van der Waals surface area (Å²) >= 11 is 0. The zero-order chi connectivity index (χ0) is 19.2. The molecule has 2 aromatic heterocycles. The van der Waals surface area contributed by atoms with Gasteiger partial charge < -0.3 is 4.90 Å². The van der Waals surface area contributed by atoms with Crippen molar-refractivity contribution in [2.24, 2.45) is 7.05 Å². The van der Waals surface area contributed by atoms with Crippen LogP contribution in [0, 0.1) is 5.82 Å². The lowest BCUT2D eigenvalue weighted by molar-refractivity contribution is -0.124. The Kier molecular flexibility index (Phi) is 5.80. The molecule has 1 aromatic carbocycles. The largest absolute Gasteiger partial charge is 0.342 e. The number of aromatic nitrogens is 4. The highest BCUT2D eigenvalue weighted by Crippen LogP contribution is 2.19. The van der Waals surface area contributed by atoms with E-state index in [1.807, 2.05) is 25.4 Å². The predicted octanol–water partition coefficient (Wildman–Crippen LogP) is 3.05. The Balaban J connectivity index is 1.48. The molecule has 7 heteroatoms. The number of H-pyrrole nitrogens is 1. The Morgan fingerprint density at radius 2 is 2.22 bits per heavy atom. The van der Waals surface area contributed by atoms with Gasteiger partial charge in [0.1, 0.15) is 5.82 Å². The molecule has 0 aliphatic heterocycles. The maximum Gasteiger partial charge on any atom is 0.246 e. The number of nitrogens with one attached hydrogen (secondary N) is 1. The van der Waals surface area contributed by atoms with Crippen LogP contribution in [-0.4, -0.2) is 44.4 Å². The minimum absolute atomic E-state index is 0.0519. The Labute approximate surface area is 157 Å². The van der Waals surface area contributed by atoms with E-state index in [1.54, 1.807) is 41.0 Å². The molecule has 3 aromatic rings. The zero-order valence-corrected chi connectivity index (χ0v) is 15.4. The van der Waals surface area contributed by atoms with Gasteiger partial charge in [0.2, 0.25) is 5.91 Å². The van der Waals surface area contributed by atoms with Crippen molar-refractivity contribution in [3.05, 3.63) is 65.9 Å². The maximum atomic E-state index is 13.3. The van der Waals surface area contributed by atoms with Crippen molar-refractivity contribution in [3.8, 4) is 11.3 Å². The van der Waals surface area contributed by atoms with E-state index in [0.29, 0.717) is 12.2 Å². The third-order valence-electron chi connectivity index (χ3n) is 4.21. The van der Waals surface area contributed by atoms with Crippen LogP contribution in [0.5, 0.6) is 0 Å². The average molecular weight is 367 g/mol. The monoisotopic (exact) mass is 367 g/mol. The highest BCUT2D eigenvalue weighted by atomic mass is 19.1. The van der Waals surface area contributed by atoms with E-state index < -0.39 is 0 Å². The van der Waals surface area contributed by atoms with Crippen LogP contribution < -0.4 is 0 Å². The minimum Gasteiger partial charge on any atom is -0.342 e. The van der Waals surface area contributed by atoms with Gasteiger partial charge in [0.25, 0.3) is 0 Å². The summed E-state index contributed by atoms with van der Waals surface area (Å²) in [5.74, 6) is -0.333. The number of aromatic amines is 1. The SMILES string of the molecule is CN(CCCc1cc(-c2cccc(F)c2)n[nH]1)C(=O)/C=C\c1cnn(C)c1. The molecule has 3 rings (SSSR count). The van der Waals surface area contributed by atoms with E-state index in [2.05, 4.69) is 15.3 Å². The van der Waals surface area contributed by atoms with Gasteiger partial charge >= 0.3 is 0 Å². The number of carbonyl (C=O) groups excluding carboxylic acids is 1. The molecule has 1 amide bonds. The molecule has 0 saturated heterocycles. The van der Waals surface area contributed by atoms with Crippen molar-refractivity contribution in [1.82, 2.24) is 24.9 Å². The van der Waals surface area contributed by atoms with Crippen LogP contribution in [0.3, 0.4) is 0 Å². The second-order valence-electron chi connectivity index (χ2n) is 6.43. The van der Waals surface area contributed by atoms with Crippen LogP contribution in [0.2, 0.25) is 0 Å². The number of hydrogen-bond acceptors (Lipinski definition) is 3. The fourth-order valence-corrected chi connectivity index (χ4v) is 2.72. The van der Waals surface area contributed by atoms with Gasteiger partial charge in [-0.25, -0.2) is 4.39 Å². The summed E-state index contributed by atoms with van der Waals surface area (Å²) in [6, 6.07) is 8.27. The maximum absolute atomic E-state index is 13.3. The smallest absolute Gasteiger partial charge is 0.246 e. The molecule has 2 heterocycles. The number of likely N-dealkylation sites (N-methyl/N-ethyl adjacent to an activating group) is 1. The number of rotatable bonds is 7. The quantitative estimate of drug-likeness (QED) is 0.653. The van der Waals surface area contributed by atoms with Crippen LogP contribution in [0.4, 0.5) is 4.39 Å². The zero-order valence-electron chi connectivity index (χ0n) is 15.4. The van der Waals surface area contributed by atoms with E-state index in [-0.39, 0.29) is 11.7 Å². The van der Waals surface area contributed by atoms with Gasteiger partial charge in [0.05, 0.1) is 11.9 Å². The lowest BCUT2D eigenvalue weighted by Crippen LogP contribution is -2.26. The fourth-order valence-electron chi connectivity index (χ4n) is 2.72. The Bertz CT molecular complexity index is 943. The van der Waals surface area contributed by atoms with Gasteiger partial charge in [-0.2, -0.15) is 10.2 Å². The molecule has 0 saturated carbocycles. The van der Waals surface area contributed by atoms with Crippen LogP contribution >= 0.6 is 0 Å². The number of aryl methyl sites for hydroxylation is 2. The number of halogens is 1. The Hall–Kier alpha value is -3.22. The lowest BCUT2D eigenvalue weighted by Gasteiger charge is -2.14. The van der Waals surface area contributed by atoms with Crippen molar-refractivity contribution in [3.63, 3.8) is 0 Å². The lowest BCUT2D eigenvalue weighted by atomic mass is 10.1. The first-order valence-corrected chi connectivity index (χ1v) is 8.73. The minimum atomic E-state index is -0.281. The van der Waals surface area contributed by atoms with Crippen LogP contribution in [0.25, 0.3) is 17.3 Å². The molecule has 27 heavy (non-hydrogen) atoms. The summed E-state index contributed by atoms with van der Waals surface area (Å²) in [6.07, 6.45) is 8.41. The van der Waals surface area contributed by atoms with Crippen molar-refractivity contribution in [1.29, 1.82) is 0 Å². The van der Waals surface area contributed by atoms with Crippen molar-refractivity contribution >= 4 is 12.0 Å². The molecule has 1 N–H and O–H groups in total. The average Bonchev–Trinajstić information content (AvgIpc) is 3.28. The Morgan fingerprint density at radius 3 is 2.96 bits per heavy atom. The number of amides is 1. The second kappa shape index (κ2) is 8.44. The van der Waals surface area contributed by atoms with Gasteiger partial charge in [0.15, 0.2) is 0 Å². The first-order chi connectivity index (χ1) is 13.0. The molecule has 0 bridgehead atoms. The van der Waals surface area contributed by atoms with E-state index in [9.17, 15) is 9.18 Å². The van der Waals surface area contributed by atoms with Crippen molar-refractivity contribution in [2.75, 3.05) is 13.6 Å². The van der Waals surface area contributed by atoms with Gasteiger partial charge in [-0.3, -0.25) is 14.6 Å². The molecule has 0 radical (unpaired) electrons. The topological polar surface area (TPSA) is 66.8 Å². The molecular weight excluding hydrogens is 345 g/mol. The van der Waals surface area contributed by atoms with Crippen LogP contribution in [0.1, 0.15) is 17.7 Å². The molecule has 0 aliphatic rings. The molecule has 0 spiro atoms. The fraction of sp³-hybridized carbons (Fsp3) is 0.250. The van der Waals surface area contributed by atoms with Gasteiger partial charge in [0, 0.05) is 49.7 Å². The molecule has 0 aliphatic carbocycles. The summed E-state index contributed by atoms with van der Waals surface area (Å²) in [5.41, 5.74) is 3.31. The summed E-state index contributed by atoms with van der Waals surface area (Å²) in [5, 5.41) is 11.3. The van der Waals surface area contributed by atoms with Gasteiger partial charge in [-0.1, -0.05) is 12.1 Å². The number of carbonyl (C=O) groups is 1. The first kappa shape index (κ1) is 18.6. The molecule has 6 nitrogen and oxygen atoms in total. The summed E-state index contributed by atoms with van der Waals surface area (Å²) < 4.78 is 15.0. The predicted molar refractivity (Wildman–Crippen MR) is 102 cm³/mol. The van der Waals surface area contributed by atoms with E-state index in [1.165, 1.54) is 12.1 Å². The van der Waals surface area contributed by atoms with Gasteiger partial charge in [-0.15, -0.1) is 0 Å². The third kappa shape index (κ3) is 5.13. The summed E-state index contributed by atoms with van der Waals surface area (Å²) in [6.45, 7) is 0.629. The first-order valence-electron chi connectivity index (χ1n) is 8.73. The van der Waals surface area contributed by atoms with Gasteiger partial charge in [-0.05, 0) is 37.1 Å². The molecule has 0 fully saturated rings. The summed E-state index contributed by atoms with van der Waals surface area (Å²) in [4.78, 5) is 13.8. The van der Waals surface area contributed by atoms with E-state index in [4.69, 9.17) is 0 Å². The van der Waals surface area contributed by atoms with E-state index >= 15 is 0 Å². The number of benzene rings is 1. The Morgan fingerprint density at radius 1 is 1.37 bits per heavy atom. The number of hydrogen-bond donors (Lipinski definition) is 1. The molecule has 0 unspecified atom stereocenters. The molecular formula is C20H22FN5O. The highest BCUT2D eigenvalue weighted by Gasteiger charge is 2.08. The van der Waals surface area contributed by atoms with Crippen molar-refractivity contribution in [2.45, 2.75) is 12.8 Å². The molecule has 140 valence electrons. The van der Waals surface area contributed by atoms with E-state index in [0.717, 1.165) is 29.7 Å². The normalized spacial score (nSPS) is 11.2.